The zero-order chi connectivity index (χ0) is 19.1. The van der Waals surface area contributed by atoms with Crippen molar-refractivity contribution >= 4 is 17.7 Å². The lowest BCUT2D eigenvalue weighted by atomic mass is 10.2. The monoisotopic (exact) mass is 365 g/mol. The van der Waals surface area contributed by atoms with Crippen molar-refractivity contribution in [1.82, 2.24) is 9.55 Å². The number of ether oxygens (including phenoxy) is 1. The van der Waals surface area contributed by atoms with E-state index in [9.17, 15) is 9.59 Å². The molecule has 7 heteroatoms. The highest BCUT2D eigenvalue weighted by molar-refractivity contribution is 5.90. The first-order valence-electron chi connectivity index (χ1n) is 8.41. The number of aromatic carboxylic acids is 1. The predicted molar refractivity (Wildman–Crippen MR) is 99.6 cm³/mol. The minimum Gasteiger partial charge on any atom is -0.478 e. The first kappa shape index (κ1) is 18.2. The number of hydrogen-bond acceptors (Lipinski definition) is 4. The number of carboxylic acids is 1. The van der Waals surface area contributed by atoms with E-state index in [1.165, 1.54) is 17.0 Å². The number of anilines is 1. The third-order valence-electron chi connectivity index (χ3n) is 3.99. The highest BCUT2D eigenvalue weighted by Crippen LogP contribution is 2.17. The van der Waals surface area contributed by atoms with Gasteiger partial charge in [-0.15, -0.1) is 0 Å². The number of rotatable bonds is 7. The first-order valence-corrected chi connectivity index (χ1v) is 8.41. The lowest BCUT2D eigenvalue weighted by Crippen LogP contribution is -2.34. The molecule has 1 N–H and O–H groups in total. The Morgan fingerprint density at radius 1 is 1.07 bits per heavy atom. The molecule has 3 rings (SSSR count). The van der Waals surface area contributed by atoms with Crippen LogP contribution in [0.15, 0.2) is 73.3 Å². The molecule has 0 saturated carbocycles. The molecule has 0 spiro atoms. The quantitative estimate of drug-likeness (QED) is 0.693. The van der Waals surface area contributed by atoms with Crippen LogP contribution in [-0.4, -0.2) is 33.3 Å². The fourth-order valence-electron chi connectivity index (χ4n) is 2.54. The first-order chi connectivity index (χ1) is 13.1. The maximum absolute atomic E-state index is 12.7. The van der Waals surface area contributed by atoms with Gasteiger partial charge in [-0.25, -0.2) is 14.6 Å². The van der Waals surface area contributed by atoms with Crippen molar-refractivity contribution in [3.8, 4) is 0 Å². The molecule has 2 aromatic carbocycles. The number of benzene rings is 2. The van der Waals surface area contributed by atoms with E-state index in [-0.39, 0.29) is 12.2 Å². The minimum atomic E-state index is -1.02. The Hall–Kier alpha value is -3.61. The summed E-state index contributed by atoms with van der Waals surface area (Å²) < 4.78 is 7.29. The van der Waals surface area contributed by atoms with Crippen molar-refractivity contribution in [1.29, 1.82) is 0 Å². The summed E-state index contributed by atoms with van der Waals surface area (Å²) >= 11 is 0. The summed E-state index contributed by atoms with van der Waals surface area (Å²) in [5.74, 6) is -1.02. The maximum Gasteiger partial charge on any atom is 0.414 e. The number of carbonyl (C=O) groups is 2. The number of carbonyl (C=O) groups excluding carboxylic acids is 1. The van der Waals surface area contributed by atoms with Crippen LogP contribution in [-0.2, 0) is 17.9 Å². The molecule has 3 aromatic rings. The number of carboxylic acid groups (broad SMARTS) is 1. The maximum atomic E-state index is 12.7. The highest BCUT2D eigenvalue weighted by atomic mass is 16.6. The largest absolute Gasteiger partial charge is 0.478 e. The molecule has 0 aliphatic heterocycles. The lowest BCUT2D eigenvalue weighted by molar-refractivity contribution is 0.0697. The molecule has 0 fully saturated rings. The molecular formula is C20H19N3O4. The standard InChI is InChI=1S/C20H19N3O4/c24-19(25)17-6-8-18(9-7-17)23(13-12-22-11-10-21-15-22)20(26)27-14-16-4-2-1-3-5-16/h1-11,15H,12-14H2,(H,24,25). The van der Waals surface area contributed by atoms with Crippen molar-refractivity contribution in [2.24, 2.45) is 0 Å². The smallest absolute Gasteiger partial charge is 0.414 e. The molecule has 0 aliphatic carbocycles. The molecule has 138 valence electrons. The third kappa shape index (κ3) is 4.94. The van der Waals surface area contributed by atoms with Crippen LogP contribution in [0.5, 0.6) is 0 Å². The van der Waals surface area contributed by atoms with Gasteiger partial charge in [0, 0.05) is 31.2 Å². The van der Waals surface area contributed by atoms with Crippen LogP contribution in [0.25, 0.3) is 0 Å². The summed E-state index contributed by atoms with van der Waals surface area (Å²) in [6.45, 7) is 1.05. The average Bonchev–Trinajstić information content (AvgIpc) is 3.21. The summed E-state index contributed by atoms with van der Waals surface area (Å²) in [4.78, 5) is 29.2. The molecule has 0 aliphatic rings. The van der Waals surface area contributed by atoms with Gasteiger partial charge in [0.1, 0.15) is 6.61 Å². The van der Waals surface area contributed by atoms with Gasteiger partial charge in [-0.1, -0.05) is 30.3 Å². The topological polar surface area (TPSA) is 84.7 Å². The van der Waals surface area contributed by atoms with E-state index in [2.05, 4.69) is 4.98 Å². The fourth-order valence-corrected chi connectivity index (χ4v) is 2.54. The third-order valence-corrected chi connectivity index (χ3v) is 3.99. The van der Waals surface area contributed by atoms with E-state index < -0.39 is 12.1 Å². The Kier molecular flexibility index (Phi) is 5.84. The SMILES string of the molecule is O=C(O)c1ccc(N(CCn2ccnc2)C(=O)OCc2ccccc2)cc1. The Morgan fingerprint density at radius 3 is 2.44 bits per heavy atom. The van der Waals surface area contributed by atoms with Gasteiger partial charge in [0.05, 0.1) is 11.9 Å². The van der Waals surface area contributed by atoms with E-state index >= 15 is 0 Å². The molecule has 0 bridgehead atoms. The second-order valence-electron chi connectivity index (χ2n) is 5.84. The summed E-state index contributed by atoms with van der Waals surface area (Å²) in [7, 11) is 0. The van der Waals surface area contributed by atoms with E-state index in [0.717, 1.165) is 5.56 Å². The van der Waals surface area contributed by atoms with Gasteiger partial charge in [-0.05, 0) is 29.8 Å². The average molecular weight is 365 g/mol. The molecule has 0 unspecified atom stereocenters. The Morgan fingerprint density at radius 2 is 1.81 bits per heavy atom. The van der Waals surface area contributed by atoms with Crippen LogP contribution in [0, 0.1) is 0 Å². The van der Waals surface area contributed by atoms with E-state index in [4.69, 9.17) is 9.84 Å². The molecular weight excluding hydrogens is 346 g/mol. The normalized spacial score (nSPS) is 10.4. The second-order valence-corrected chi connectivity index (χ2v) is 5.84. The minimum absolute atomic E-state index is 0.158. The van der Waals surface area contributed by atoms with Gasteiger partial charge in [0.2, 0.25) is 0 Å². The zero-order valence-corrected chi connectivity index (χ0v) is 14.6. The van der Waals surface area contributed by atoms with Crippen molar-refractivity contribution in [2.75, 3.05) is 11.4 Å². The van der Waals surface area contributed by atoms with Crippen molar-refractivity contribution in [2.45, 2.75) is 13.2 Å². The molecule has 7 nitrogen and oxygen atoms in total. The van der Waals surface area contributed by atoms with Gasteiger partial charge in [0.25, 0.3) is 0 Å². The number of nitrogens with zero attached hydrogens (tertiary/aromatic N) is 3. The van der Waals surface area contributed by atoms with Gasteiger partial charge in [0.15, 0.2) is 0 Å². The second kappa shape index (κ2) is 8.66. The van der Waals surface area contributed by atoms with Crippen LogP contribution in [0.4, 0.5) is 10.5 Å². The van der Waals surface area contributed by atoms with Crippen LogP contribution in [0.1, 0.15) is 15.9 Å². The summed E-state index contributed by atoms with van der Waals surface area (Å²) in [6.07, 6.45) is 4.64. The highest BCUT2D eigenvalue weighted by Gasteiger charge is 2.18. The predicted octanol–water partition coefficient (Wildman–Crippen LogP) is 3.42. The van der Waals surface area contributed by atoms with Gasteiger partial charge in [-0.3, -0.25) is 4.90 Å². The van der Waals surface area contributed by atoms with Crippen molar-refractivity contribution in [3.63, 3.8) is 0 Å². The Labute approximate surface area is 156 Å². The number of aromatic nitrogens is 2. The molecule has 0 saturated heterocycles. The molecule has 1 aromatic heterocycles. The molecule has 0 atom stereocenters. The van der Waals surface area contributed by atoms with Crippen molar-refractivity contribution < 1.29 is 19.4 Å². The summed E-state index contributed by atoms with van der Waals surface area (Å²) in [5, 5.41) is 9.05. The molecule has 1 heterocycles. The van der Waals surface area contributed by atoms with Gasteiger partial charge >= 0.3 is 12.1 Å². The molecule has 27 heavy (non-hydrogen) atoms. The lowest BCUT2D eigenvalue weighted by Gasteiger charge is -2.22. The number of hydrogen-bond donors (Lipinski definition) is 1. The van der Waals surface area contributed by atoms with E-state index in [1.807, 2.05) is 34.9 Å². The van der Waals surface area contributed by atoms with Gasteiger partial charge < -0.3 is 14.4 Å². The van der Waals surface area contributed by atoms with Crippen LogP contribution in [0.2, 0.25) is 0 Å². The Bertz CT molecular complexity index is 877. The molecule has 0 radical (unpaired) electrons. The van der Waals surface area contributed by atoms with Crippen LogP contribution < -0.4 is 4.90 Å². The van der Waals surface area contributed by atoms with Crippen LogP contribution >= 0.6 is 0 Å². The molecule has 1 amide bonds. The van der Waals surface area contributed by atoms with Crippen molar-refractivity contribution in [3.05, 3.63) is 84.4 Å². The van der Waals surface area contributed by atoms with Gasteiger partial charge in [-0.2, -0.15) is 0 Å². The number of imidazole rings is 1. The van der Waals surface area contributed by atoms with Crippen LogP contribution in [0.3, 0.4) is 0 Å². The summed E-state index contributed by atoms with van der Waals surface area (Å²) in [5.41, 5.74) is 1.62. The zero-order valence-electron chi connectivity index (χ0n) is 14.6. The Balaban J connectivity index is 1.73. The number of amides is 1. The summed E-state index contributed by atoms with van der Waals surface area (Å²) in [6, 6.07) is 15.5. The van der Waals surface area contributed by atoms with E-state index in [0.29, 0.717) is 18.8 Å². The fraction of sp³-hybridized carbons (Fsp3) is 0.150. The van der Waals surface area contributed by atoms with E-state index in [1.54, 1.807) is 30.9 Å².